The average molecular weight is 371 g/mol. The van der Waals surface area contributed by atoms with Gasteiger partial charge in [-0.05, 0) is 52.9 Å². The van der Waals surface area contributed by atoms with Crippen molar-refractivity contribution < 1.29 is 0 Å². The molecule has 0 radical (unpaired) electrons. The van der Waals surface area contributed by atoms with Gasteiger partial charge < -0.3 is 4.90 Å². The molecule has 0 amide bonds. The molecule has 1 nitrogen and oxygen atoms in total. The van der Waals surface area contributed by atoms with E-state index >= 15 is 0 Å². The van der Waals surface area contributed by atoms with Crippen molar-refractivity contribution in [1.29, 1.82) is 0 Å². The maximum absolute atomic E-state index is 6.29. The van der Waals surface area contributed by atoms with E-state index in [2.05, 4.69) is 64.3 Å². The third kappa shape index (κ3) is 3.51. The molecule has 0 spiro atoms. The van der Waals surface area contributed by atoms with Gasteiger partial charge in [0.1, 0.15) is 0 Å². The fourth-order valence-electron chi connectivity index (χ4n) is 2.11. The van der Waals surface area contributed by atoms with Crippen LogP contribution in [-0.4, -0.2) is 12.8 Å². The minimum Gasteiger partial charge on any atom is -0.341 e. The van der Waals surface area contributed by atoms with Gasteiger partial charge in [-0.25, -0.2) is 0 Å². The van der Waals surface area contributed by atoms with Crippen molar-refractivity contribution in [2.75, 3.05) is 17.7 Å². The molecule has 0 N–H and O–H groups in total. The van der Waals surface area contributed by atoms with Gasteiger partial charge in [-0.3, -0.25) is 0 Å². The second-order valence-corrected chi connectivity index (χ2v) is 6.53. The molecule has 0 heterocycles. The van der Waals surface area contributed by atoms with Crippen LogP contribution in [0.15, 0.2) is 51.8 Å². The molecular weight excluding hydrogens is 354 g/mol. The number of nitrogens with zero attached hydrogens (tertiary/aromatic N) is 1. The molecule has 0 aromatic heterocycles. The smallest absolute Gasteiger partial charge is 0.0569 e. The lowest BCUT2D eigenvalue weighted by Gasteiger charge is -2.27. The van der Waals surface area contributed by atoms with E-state index < -0.39 is 0 Å². The Morgan fingerprint density at radius 1 is 1.20 bits per heavy atom. The Labute approximate surface area is 138 Å². The fraction of sp³-hybridized carbons (Fsp3) is 0.250. The fourth-order valence-corrected chi connectivity index (χ4v) is 3.38. The molecule has 106 valence electrons. The molecule has 2 rings (SSSR count). The summed E-state index contributed by atoms with van der Waals surface area (Å²) in [7, 11) is 0. The summed E-state index contributed by atoms with van der Waals surface area (Å²) in [6, 6.07) is 14.6. The van der Waals surface area contributed by atoms with Gasteiger partial charge in [-0.1, -0.05) is 36.7 Å². The highest BCUT2D eigenvalue weighted by atomic mass is 79.9. The number of anilines is 2. The molecule has 20 heavy (non-hydrogen) atoms. The molecule has 0 aliphatic heterocycles. The van der Waals surface area contributed by atoms with Gasteiger partial charge in [0.05, 0.1) is 10.7 Å². The van der Waals surface area contributed by atoms with Crippen LogP contribution in [0.2, 0.25) is 5.02 Å². The molecule has 0 saturated carbocycles. The van der Waals surface area contributed by atoms with Gasteiger partial charge in [0.15, 0.2) is 0 Å². The van der Waals surface area contributed by atoms with E-state index in [1.54, 1.807) is 11.8 Å². The third-order valence-electron chi connectivity index (χ3n) is 3.03. The molecule has 0 unspecified atom stereocenters. The molecule has 0 aliphatic carbocycles. The van der Waals surface area contributed by atoms with Crippen LogP contribution in [0.5, 0.6) is 0 Å². The lowest BCUT2D eigenvalue weighted by molar-refractivity contribution is 0.878. The van der Waals surface area contributed by atoms with Gasteiger partial charge in [0.25, 0.3) is 0 Å². The van der Waals surface area contributed by atoms with Gasteiger partial charge in [-0.2, -0.15) is 0 Å². The Bertz CT molecular complexity index is 574. The van der Waals surface area contributed by atoms with E-state index in [1.807, 2.05) is 12.1 Å². The first-order valence-corrected chi connectivity index (χ1v) is 8.92. The van der Waals surface area contributed by atoms with E-state index in [1.165, 1.54) is 16.3 Å². The number of benzene rings is 2. The Morgan fingerprint density at radius 3 is 2.50 bits per heavy atom. The molecule has 0 saturated heterocycles. The maximum Gasteiger partial charge on any atom is 0.0569 e. The second kappa shape index (κ2) is 7.39. The van der Waals surface area contributed by atoms with Crippen molar-refractivity contribution in [2.45, 2.75) is 18.2 Å². The Kier molecular flexibility index (Phi) is 5.82. The van der Waals surface area contributed by atoms with Crippen molar-refractivity contribution in [1.82, 2.24) is 0 Å². The third-order valence-corrected chi connectivity index (χ3v) is 4.99. The van der Waals surface area contributed by atoms with Crippen LogP contribution in [0.4, 0.5) is 11.4 Å². The van der Waals surface area contributed by atoms with Gasteiger partial charge in [0.2, 0.25) is 0 Å². The van der Waals surface area contributed by atoms with Gasteiger partial charge in [-0.15, -0.1) is 11.8 Å². The summed E-state index contributed by atoms with van der Waals surface area (Å²) in [4.78, 5) is 3.54. The van der Waals surface area contributed by atoms with Gasteiger partial charge in [0, 0.05) is 21.6 Å². The van der Waals surface area contributed by atoms with Crippen LogP contribution in [0.25, 0.3) is 0 Å². The van der Waals surface area contributed by atoms with Crippen molar-refractivity contribution in [3.05, 3.63) is 52.0 Å². The highest BCUT2D eigenvalue weighted by Gasteiger charge is 2.14. The van der Waals surface area contributed by atoms with Crippen molar-refractivity contribution in [2.24, 2.45) is 0 Å². The van der Waals surface area contributed by atoms with E-state index in [-0.39, 0.29) is 0 Å². The zero-order chi connectivity index (χ0) is 14.5. The van der Waals surface area contributed by atoms with Crippen LogP contribution < -0.4 is 4.90 Å². The molecule has 0 aliphatic rings. The number of para-hydroxylation sites is 1. The Balaban J connectivity index is 2.52. The SMILES string of the molecule is CCCN(c1ccccc1)c1cc(Cl)c(Br)cc1SC. The Morgan fingerprint density at radius 2 is 1.90 bits per heavy atom. The topological polar surface area (TPSA) is 3.24 Å². The molecule has 2 aromatic rings. The van der Waals surface area contributed by atoms with Crippen LogP contribution in [0.1, 0.15) is 13.3 Å². The average Bonchev–Trinajstić information content (AvgIpc) is 2.48. The maximum atomic E-state index is 6.29. The van der Waals surface area contributed by atoms with E-state index in [4.69, 9.17) is 11.6 Å². The first-order valence-electron chi connectivity index (χ1n) is 6.53. The highest BCUT2D eigenvalue weighted by Crippen LogP contribution is 2.39. The van der Waals surface area contributed by atoms with Crippen molar-refractivity contribution in [3.63, 3.8) is 0 Å². The van der Waals surface area contributed by atoms with Crippen molar-refractivity contribution in [3.8, 4) is 0 Å². The van der Waals surface area contributed by atoms with E-state index in [9.17, 15) is 0 Å². The van der Waals surface area contributed by atoms with Crippen LogP contribution in [0.3, 0.4) is 0 Å². The Hall–Kier alpha value is -0.640. The van der Waals surface area contributed by atoms with E-state index in [0.29, 0.717) is 0 Å². The summed E-state index contributed by atoms with van der Waals surface area (Å²) in [5, 5.41) is 0.745. The predicted octanol–water partition coefficient (Wildman–Crippen LogP) is 6.37. The highest BCUT2D eigenvalue weighted by molar-refractivity contribution is 9.10. The minimum absolute atomic E-state index is 0.745. The number of halogens is 2. The second-order valence-electron chi connectivity index (χ2n) is 4.43. The largest absolute Gasteiger partial charge is 0.341 e. The summed E-state index contributed by atoms with van der Waals surface area (Å²) < 4.78 is 0.941. The van der Waals surface area contributed by atoms with Crippen LogP contribution >= 0.6 is 39.3 Å². The summed E-state index contributed by atoms with van der Waals surface area (Å²) in [5.74, 6) is 0. The lowest BCUT2D eigenvalue weighted by atomic mass is 10.2. The summed E-state index contributed by atoms with van der Waals surface area (Å²) in [6.07, 6.45) is 3.17. The standard InChI is InChI=1S/C16H17BrClNS/c1-3-9-19(12-7-5-4-6-8-12)15-11-14(18)13(17)10-16(15)20-2/h4-8,10-11H,3,9H2,1-2H3. The zero-order valence-electron chi connectivity index (χ0n) is 11.6. The monoisotopic (exact) mass is 369 g/mol. The molecule has 4 heteroatoms. The number of rotatable bonds is 5. The van der Waals surface area contributed by atoms with E-state index in [0.717, 1.165) is 22.5 Å². The minimum atomic E-state index is 0.745. The molecule has 0 bridgehead atoms. The number of hydrogen-bond acceptors (Lipinski definition) is 2. The first-order chi connectivity index (χ1) is 9.67. The molecule has 2 aromatic carbocycles. The number of thioether (sulfide) groups is 1. The van der Waals surface area contributed by atoms with Crippen LogP contribution in [0, 0.1) is 0 Å². The summed E-state index contributed by atoms with van der Waals surface area (Å²) >= 11 is 11.5. The zero-order valence-corrected chi connectivity index (χ0v) is 14.7. The quantitative estimate of drug-likeness (QED) is 0.562. The summed E-state index contributed by atoms with van der Waals surface area (Å²) in [6.45, 7) is 3.16. The van der Waals surface area contributed by atoms with Gasteiger partial charge >= 0.3 is 0 Å². The number of hydrogen-bond donors (Lipinski definition) is 0. The van der Waals surface area contributed by atoms with Crippen LogP contribution in [-0.2, 0) is 0 Å². The predicted molar refractivity (Wildman–Crippen MR) is 94.7 cm³/mol. The molecular formula is C16H17BrClNS. The molecule has 0 atom stereocenters. The summed E-state index contributed by atoms with van der Waals surface area (Å²) in [5.41, 5.74) is 2.36. The normalized spacial score (nSPS) is 10.6. The first kappa shape index (κ1) is 15.7. The lowest BCUT2D eigenvalue weighted by Crippen LogP contribution is -2.18. The molecule has 0 fully saturated rings. The van der Waals surface area contributed by atoms with Crippen molar-refractivity contribution >= 4 is 50.7 Å².